The van der Waals surface area contributed by atoms with Crippen LogP contribution in [0, 0.1) is 5.41 Å². The zero-order chi connectivity index (χ0) is 17.5. The molecule has 1 aliphatic heterocycles. The number of aliphatic hydroxyl groups is 1. The Morgan fingerprint density at radius 3 is 2.56 bits per heavy atom. The van der Waals surface area contributed by atoms with Gasteiger partial charge in [-0.15, -0.1) is 0 Å². The molecule has 134 valence electrons. The third-order valence-electron chi connectivity index (χ3n) is 5.18. The van der Waals surface area contributed by atoms with Crippen LogP contribution in [0.3, 0.4) is 0 Å². The number of likely N-dealkylation sites (tertiary alicyclic amines) is 1. The van der Waals surface area contributed by atoms with Crippen molar-refractivity contribution >= 4 is 6.08 Å². The number of benzene rings is 1. The van der Waals surface area contributed by atoms with Gasteiger partial charge >= 0.3 is 0 Å². The van der Waals surface area contributed by atoms with Gasteiger partial charge in [-0.05, 0) is 73.7 Å². The Labute approximate surface area is 149 Å². The van der Waals surface area contributed by atoms with Crippen LogP contribution in [0.1, 0.15) is 24.2 Å². The lowest BCUT2D eigenvalue weighted by Gasteiger charge is -2.40. The van der Waals surface area contributed by atoms with Crippen molar-refractivity contribution in [3.63, 3.8) is 0 Å². The molecule has 1 N–H and O–H groups in total. The molecule has 0 bridgehead atoms. The van der Waals surface area contributed by atoms with E-state index in [4.69, 9.17) is 9.15 Å². The third kappa shape index (κ3) is 4.74. The molecule has 0 unspecified atom stereocenters. The third-order valence-corrected chi connectivity index (χ3v) is 5.18. The first-order chi connectivity index (χ1) is 12.2. The maximum absolute atomic E-state index is 10.0. The second-order valence-corrected chi connectivity index (χ2v) is 6.90. The highest BCUT2D eigenvalue weighted by Crippen LogP contribution is 2.35. The van der Waals surface area contributed by atoms with Crippen LogP contribution in [0.2, 0.25) is 0 Å². The van der Waals surface area contributed by atoms with Gasteiger partial charge in [-0.1, -0.05) is 18.2 Å². The van der Waals surface area contributed by atoms with E-state index in [9.17, 15) is 5.11 Å². The Morgan fingerprint density at radius 2 is 1.96 bits per heavy atom. The van der Waals surface area contributed by atoms with Crippen molar-refractivity contribution in [3.05, 3.63) is 60.1 Å². The molecule has 0 radical (unpaired) electrons. The largest absolute Gasteiger partial charge is 0.497 e. The summed E-state index contributed by atoms with van der Waals surface area (Å²) in [5, 5.41) is 10.0. The number of nitrogens with zero attached hydrogens (tertiary/aromatic N) is 1. The predicted molar refractivity (Wildman–Crippen MR) is 99.6 cm³/mol. The summed E-state index contributed by atoms with van der Waals surface area (Å²) in [5.74, 6) is 1.76. The van der Waals surface area contributed by atoms with Crippen molar-refractivity contribution in [2.45, 2.75) is 19.3 Å². The van der Waals surface area contributed by atoms with Crippen molar-refractivity contribution in [2.75, 3.05) is 33.4 Å². The molecule has 2 aromatic rings. The van der Waals surface area contributed by atoms with E-state index in [0.717, 1.165) is 50.4 Å². The zero-order valence-corrected chi connectivity index (χ0v) is 14.9. The number of aliphatic hydroxyl groups excluding tert-OH is 1. The fourth-order valence-electron chi connectivity index (χ4n) is 3.48. The molecule has 1 aliphatic rings. The summed E-state index contributed by atoms with van der Waals surface area (Å²) < 4.78 is 10.5. The normalized spacial score (nSPS) is 17.8. The Morgan fingerprint density at radius 1 is 1.20 bits per heavy atom. The minimum Gasteiger partial charge on any atom is -0.497 e. The number of rotatable bonds is 7. The smallest absolute Gasteiger partial charge is 0.126 e. The van der Waals surface area contributed by atoms with Gasteiger partial charge in [-0.3, -0.25) is 4.90 Å². The van der Waals surface area contributed by atoms with Crippen LogP contribution in [0.5, 0.6) is 5.75 Å². The van der Waals surface area contributed by atoms with Gasteiger partial charge in [-0.25, -0.2) is 0 Å². The van der Waals surface area contributed by atoms with E-state index in [1.54, 1.807) is 13.4 Å². The lowest BCUT2D eigenvalue weighted by molar-refractivity contribution is 0.0483. The summed E-state index contributed by atoms with van der Waals surface area (Å²) in [5.41, 5.74) is 1.26. The SMILES string of the molecule is COc1ccc(CC2(CO)CCN(CC=Cc3ccco3)CC2)cc1. The van der Waals surface area contributed by atoms with Crippen LogP contribution >= 0.6 is 0 Å². The molecule has 0 atom stereocenters. The minimum absolute atomic E-state index is 0.00415. The van der Waals surface area contributed by atoms with E-state index in [0.29, 0.717) is 0 Å². The van der Waals surface area contributed by atoms with Crippen LogP contribution in [0.25, 0.3) is 6.08 Å². The molecule has 1 aromatic carbocycles. The Balaban J connectivity index is 1.52. The molecule has 0 amide bonds. The summed E-state index contributed by atoms with van der Waals surface area (Å²) in [7, 11) is 1.68. The molecule has 4 nitrogen and oxygen atoms in total. The van der Waals surface area contributed by atoms with Crippen molar-refractivity contribution in [1.29, 1.82) is 0 Å². The van der Waals surface area contributed by atoms with E-state index in [1.165, 1.54) is 5.56 Å². The van der Waals surface area contributed by atoms with Gasteiger partial charge in [0.15, 0.2) is 0 Å². The van der Waals surface area contributed by atoms with E-state index in [-0.39, 0.29) is 12.0 Å². The van der Waals surface area contributed by atoms with Gasteiger partial charge in [0.2, 0.25) is 0 Å². The lowest BCUT2D eigenvalue weighted by atomic mass is 9.74. The van der Waals surface area contributed by atoms with Crippen molar-refractivity contribution in [2.24, 2.45) is 5.41 Å². The first kappa shape index (κ1) is 17.8. The highest BCUT2D eigenvalue weighted by Gasteiger charge is 2.33. The number of furan rings is 1. The molecule has 3 rings (SSSR count). The molecule has 4 heteroatoms. The van der Waals surface area contributed by atoms with Gasteiger partial charge < -0.3 is 14.3 Å². The molecule has 0 saturated carbocycles. The topological polar surface area (TPSA) is 45.8 Å². The maximum Gasteiger partial charge on any atom is 0.126 e. The van der Waals surface area contributed by atoms with Crippen LogP contribution in [0.15, 0.2) is 53.2 Å². The Bertz CT molecular complexity index is 653. The molecule has 25 heavy (non-hydrogen) atoms. The predicted octanol–water partition coefficient (Wildman–Crippen LogP) is 3.62. The van der Waals surface area contributed by atoms with Gasteiger partial charge in [0.05, 0.1) is 13.4 Å². The zero-order valence-electron chi connectivity index (χ0n) is 14.9. The molecule has 0 aliphatic carbocycles. The number of hydrogen-bond donors (Lipinski definition) is 1. The maximum atomic E-state index is 10.0. The summed E-state index contributed by atoms with van der Waals surface area (Å²) in [6.45, 7) is 3.19. The van der Waals surface area contributed by atoms with Crippen molar-refractivity contribution in [3.8, 4) is 5.75 Å². The quantitative estimate of drug-likeness (QED) is 0.835. The van der Waals surface area contributed by atoms with Gasteiger partial charge in [-0.2, -0.15) is 0 Å². The summed E-state index contributed by atoms with van der Waals surface area (Å²) >= 11 is 0. The van der Waals surface area contributed by atoms with Gasteiger partial charge in [0.25, 0.3) is 0 Å². The summed E-state index contributed by atoms with van der Waals surface area (Å²) in [6.07, 6.45) is 8.81. The van der Waals surface area contributed by atoms with Crippen LogP contribution in [-0.4, -0.2) is 43.4 Å². The fourth-order valence-corrected chi connectivity index (χ4v) is 3.48. The first-order valence-corrected chi connectivity index (χ1v) is 8.89. The molecule has 1 fully saturated rings. The minimum atomic E-state index is -0.00415. The molecule has 0 spiro atoms. The first-order valence-electron chi connectivity index (χ1n) is 8.89. The molecule has 1 aromatic heterocycles. The highest BCUT2D eigenvalue weighted by atomic mass is 16.5. The number of hydrogen-bond acceptors (Lipinski definition) is 4. The van der Waals surface area contributed by atoms with Crippen LogP contribution in [0.4, 0.5) is 0 Å². The molecular formula is C21H27NO3. The second kappa shape index (κ2) is 8.37. The van der Waals surface area contributed by atoms with E-state index >= 15 is 0 Å². The van der Waals surface area contributed by atoms with Crippen LogP contribution < -0.4 is 4.74 Å². The monoisotopic (exact) mass is 341 g/mol. The summed E-state index contributed by atoms with van der Waals surface area (Å²) in [4.78, 5) is 2.43. The number of ether oxygens (including phenoxy) is 1. The van der Waals surface area contributed by atoms with E-state index in [2.05, 4.69) is 23.1 Å². The van der Waals surface area contributed by atoms with Crippen molar-refractivity contribution < 1.29 is 14.3 Å². The average molecular weight is 341 g/mol. The number of piperidine rings is 1. The lowest BCUT2D eigenvalue weighted by Crippen LogP contribution is -2.43. The highest BCUT2D eigenvalue weighted by molar-refractivity contribution is 5.42. The number of methoxy groups -OCH3 is 1. The fraction of sp³-hybridized carbons (Fsp3) is 0.429. The van der Waals surface area contributed by atoms with E-state index < -0.39 is 0 Å². The second-order valence-electron chi connectivity index (χ2n) is 6.90. The molecular weight excluding hydrogens is 314 g/mol. The Kier molecular flexibility index (Phi) is 5.95. The van der Waals surface area contributed by atoms with Gasteiger partial charge in [0, 0.05) is 13.2 Å². The Hall–Kier alpha value is -2.04. The molecule has 2 heterocycles. The van der Waals surface area contributed by atoms with Crippen molar-refractivity contribution in [1.82, 2.24) is 4.90 Å². The van der Waals surface area contributed by atoms with Gasteiger partial charge in [0.1, 0.15) is 11.5 Å². The molecule has 1 saturated heterocycles. The standard InChI is InChI=1S/C21H27NO3/c1-24-19-8-6-18(7-9-19)16-21(17-23)10-13-22(14-11-21)12-2-4-20-5-3-15-25-20/h2-9,15,23H,10-14,16-17H2,1H3. The van der Waals surface area contributed by atoms with E-state index in [1.807, 2.05) is 30.3 Å². The summed E-state index contributed by atoms with van der Waals surface area (Å²) in [6, 6.07) is 12.1. The average Bonchev–Trinajstić information content (AvgIpc) is 3.17. The van der Waals surface area contributed by atoms with Crippen LogP contribution in [-0.2, 0) is 6.42 Å².